The quantitative estimate of drug-likeness (QED) is 0.783. The van der Waals surface area contributed by atoms with E-state index in [-0.39, 0.29) is 31.0 Å². The first-order valence-electron chi connectivity index (χ1n) is 9.25. The molecule has 0 aliphatic carbocycles. The number of amides is 1. The fraction of sp³-hybridized carbons (Fsp3) is 0.381. The van der Waals surface area contributed by atoms with Crippen LogP contribution in [0.25, 0.3) is 0 Å². The summed E-state index contributed by atoms with van der Waals surface area (Å²) in [4.78, 5) is 14.3. The van der Waals surface area contributed by atoms with Crippen molar-refractivity contribution in [2.45, 2.75) is 12.3 Å². The van der Waals surface area contributed by atoms with E-state index < -0.39 is 11.6 Å². The van der Waals surface area contributed by atoms with Crippen LogP contribution in [0.1, 0.15) is 17.0 Å². The lowest BCUT2D eigenvalue weighted by molar-refractivity contribution is -0.122. The first kappa shape index (κ1) is 19.5. The Kier molecular flexibility index (Phi) is 6.53. The maximum absolute atomic E-state index is 13.6. The van der Waals surface area contributed by atoms with Crippen LogP contribution in [0.4, 0.5) is 8.78 Å². The Morgan fingerprint density at radius 1 is 1.07 bits per heavy atom. The number of hydrogen-bond acceptors (Lipinski definition) is 3. The Bertz CT molecular complexity index is 749. The lowest BCUT2D eigenvalue weighted by Crippen LogP contribution is -2.37. The number of benzene rings is 2. The highest BCUT2D eigenvalue weighted by molar-refractivity contribution is 5.78. The van der Waals surface area contributed by atoms with Gasteiger partial charge in [-0.1, -0.05) is 36.4 Å². The summed E-state index contributed by atoms with van der Waals surface area (Å²) in [5, 5.41) is 2.75. The molecule has 0 bridgehead atoms. The number of rotatable bonds is 7. The van der Waals surface area contributed by atoms with Gasteiger partial charge in [-0.15, -0.1) is 0 Å². The second-order valence-corrected chi connectivity index (χ2v) is 7.01. The molecule has 3 N–H and O–H groups in total. The van der Waals surface area contributed by atoms with Crippen molar-refractivity contribution in [3.05, 3.63) is 71.3 Å². The highest BCUT2D eigenvalue weighted by atomic mass is 19.1. The molecule has 1 amide bonds. The number of nitrogens with one attached hydrogen (secondary N) is 1. The molecule has 6 heteroatoms. The summed E-state index contributed by atoms with van der Waals surface area (Å²) in [6, 6.07) is 14.0. The Balaban J connectivity index is 1.50. The average Bonchev–Trinajstić information content (AvgIpc) is 3.07. The molecule has 27 heavy (non-hydrogen) atoms. The molecule has 0 unspecified atom stereocenters. The summed E-state index contributed by atoms with van der Waals surface area (Å²) >= 11 is 0. The highest BCUT2D eigenvalue weighted by Gasteiger charge is 2.33. The summed E-state index contributed by atoms with van der Waals surface area (Å²) in [5.41, 5.74) is 7.18. The van der Waals surface area contributed by atoms with Gasteiger partial charge in [0.1, 0.15) is 11.6 Å². The van der Waals surface area contributed by atoms with Crippen molar-refractivity contribution in [3.8, 4) is 0 Å². The number of nitrogens with zero attached hydrogens (tertiary/aromatic N) is 1. The predicted octanol–water partition coefficient (Wildman–Crippen LogP) is 2.30. The van der Waals surface area contributed by atoms with Gasteiger partial charge in [0, 0.05) is 31.1 Å². The van der Waals surface area contributed by atoms with Crippen LogP contribution in [0.2, 0.25) is 0 Å². The van der Waals surface area contributed by atoms with Crippen LogP contribution >= 0.6 is 0 Å². The Labute approximate surface area is 158 Å². The largest absolute Gasteiger partial charge is 0.355 e. The zero-order valence-electron chi connectivity index (χ0n) is 15.2. The van der Waals surface area contributed by atoms with Crippen molar-refractivity contribution < 1.29 is 13.6 Å². The van der Waals surface area contributed by atoms with E-state index in [0.29, 0.717) is 18.4 Å². The summed E-state index contributed by atoms with van der Waals surface area (Å²) in [6.45, 7) is 2.59. The molecule has 3 rings (SSSR count). The number of carbonyl (C=O) groups is 1. The molecular formula is C21H25F2N3O. The van der Waals surface area contributed by atoms with Gasteiger partial charge in [-0.25, -0.2) is 8.78 Å². The molecule has 1 aliphatic rings. The first-order valence-corrected chi connectivity index (χ1v) is 9.25. The zero-order valence-corrected chi connectivity index (χ0v) is 15.2. The van der Waals surface area contributed by atoms with Gasteiger partial charge in [0.2, 0.25) is 5.91 Å². The minimum absolute atomic E-state index is 0.00584. The number of likely N-dealkylation sites (tertiary alicyclic amines) is 1. The predicted molar refractivity (Wildman–Crippen MR) is 101 cm³/mol. The molecule has 4 nitrogen and oxygen atoms in total. The molecular weight excluding hydrogens is 348 g/mol. The van der Waals surface area contributed by atoms with E-state index in [2.05, 4.69) is 22.3 Å². The van der Waals surface area contributed by atoms with Crippen LogP contribution in [0.5, 0.6) is 0 Å². The molecule has 144 valence electrons. The molecule has 1 fully saturated rings. The maximum atomic E-state index is 13.6. The van der Waals surface area contributed by atoms with E-state index in [1.807, 2.05) is 18.2 Å². The third-order valence-electron chi connectivity index (χ3n) is 5.17. The fourth-order valence-electron chi connectivity index (χ4n) is 3.76. The third-order valence-corrected chi connectivity index (χ3v) is 5.17. The molecule has 1 aliphatic heterocycles. The number of hydrogen-bond donors (Lipinski definition) is 2. The lowest BCUT2D eigenvalue weighted by Gasteiger charge is -2.16. The van der Waals surface area contributed by atoms with Crippen LogP contribution in [0, 0.1) is 17.6 Å². The number of nitrogens with two attached hydrogens (primary N) is 1. The molecule has 1 saturated heterocycles. The average molecular weight is 373 g/mol. The third kappa shape index (κ3) is 4.90. The molecule has 0 aromatic heterocycles. The van der Waals surface area contributed by atoms with Crippen molar-refractivity contribution in [3.63, 3.8) is 0 Å². The van der Waals surface area contributed by atoms with Gasteiger partial charge < -0.3 is 11.1 Å². The number of halogens is 2. The van der Waals surface area contributed by atoms with Gasteiger partial charge in [-0.05, 0) is 36.6 Å². The molecule has 0 radical (unpaired) electrons. The van der Waals surface area contributed by atoms with Gasteiger partial charge in [-0.3, -0.25) is 9.69 Å². The van der Waals surface area contributed by atoms with Crippen LogP contribution in [0.15, 0.2) is 48.5 Å². The van der Waals surface area contributed by atoms with Crippen molar-refractivity contribution in [1.82, 2.24) is 10.2 Å². The van der Waals surface area contributed by atoms with E-state index in [1.165, 1.54) is 23.8 Å². The maximum Gasteiger partial charge on any atom is 0.234 e. The topological polar surface area (TPSA) is 58.4 Å². The Morgan fingerprint density at radius 3 is 2.44 bits per heavy atom. The molecule has 2 atom stereocenters. The fourth-order valence-corrected chi connectivity index (χ4v) is 3.76. The molecule has 2 aromatic rings. The van der Waals surface area contributed by atoms with Crippen LogP contribution in [-0.4, -0.2) is 43.5 Å². The standard InChI is InChI=1S/C21H25F2N3O/c22-19-7-4-8-20(23)17(19)9-10-25-21(27)14-26-12-16(11-24)18(13-26)15-5-2-1-3-6-15/h1-8,16,18H,9-14,24H2,(H,25,27)/t16-,18+/m1/s1. The second-order valence-electron chi connectivity index (χ2n) is 7.01. The molecule has 2 aromatic carbocycles. The van der Waals surface area contributed by atoms with E-state index in [0.717, 1.165) is 13.1 Å². The summed E-state index contributed by atoms with van der Waals surface area (Å²) in [6.07, 6.45) is 0.127. The summed E-state index contributed by atoms with van der Waals surface area (Å²) < 4.78 is 27.2. The van der Waals surface area contributed by atoms with Crippen LogP contribution in [0.3, 0.4) is 0 Å². The van der Waals surface area contributed by atoms with Crippen LogP contribution < -0.4 is 11.1 Å². The Morgan fingerprint density at radius 2 is 1.78 bits per heavy atom. The minimum Gasteiger partial charge on any atom is -0.355 e. The first-order chi connectivity index (χ1) is 13.1. The van der Waals surface area contributed by atoms with Gasteiger partial charge >= 0.3 is 0 Å². The summed E-state index contributed by atoms with van der Waals surface area (Å²) in [5.74, 6) is -0.680. The van der Waals surface area contributed by atoms with Crippen molar-refractivity contribution in [2.75, 3.05) is 32.7 Å². The highest BCUT2D eigenvalue weighted by Crippen LogP contribution is 2.31. The van der Waals surface area contributed by atoms with E-state index in [9.17, 15) is 13.6 Å². The van der Waals surface area contributed by atoms with Gasteiger partial charge in [-0.2, -0.15) is 0 Å². The van der Waals surface area contributed by atoms with E-state index >= 15 is 0 Å². The minimum atomic E-state index is -0.583. The van der Waals surface area contributed by atoms with Gasteiger partial charge in [0.15, 0.2) is 0 Å². The van der Waals surface area contributed by atoms with Crippen molar-refractivity contribution in [1.29, 1.82) is 0 Å². The SMILES string of the molecule is NC[C@@H]1CN(CC(=O)NCCc2c(F)cccc2F)C[C@H]1c1ccccc1. The normalized spacial score (nSPS) is 20.0. The number of carbonyl (C=O) groups excluding carboxylic acids is 1. The zero-order chi connectivity index (χ0) is 19.2. The summed E-state index contributed by atoms with van der Waals surface area (Å²) in [7, 11) is 0. The van der Waals surface area contributed by atoms with E-state index in [4.69, 9.17) is 5.73 Å². The molecule has 0 spiro atoms. The van der Waals surface area contributed by atoms with Crippen LogP contribution in [-0.2, 0) is 11.2 Å². The van der Waals surface area contributed by atoms with Gasteiger partial charge in [0.05, 0.1) is 6.54 Å². The molecule has 0 saturated carbocycles. The monoisotopic (exact) mass is 373 g/mol. The second kappa shape index (κ2) is 9.06. The molecule has 1 heterocycles. The van der Waals surface area contributed by atoms with Crippen molar-refractivity contribution >= 4 is 5.91 Å². The lowest BCUT2D eigenvalue weighted by atomic mass is 9.89. The smallest absolute Gasteiger partial charge is 0.234 e. The van der Waals surface area contributed by atoms with Gasteiger partial charge in [0.25, 0.3) is 0 Å². The Hall–Kier alpha value is -2.31. The van der Waals surface area contributed by atoms with Crippen molar-refractivity contribution in [2.24, 2.45) is 11.7 Å². The van der Waals surface area contributed by atoms with E-state index in [1.54, 1.807) is 0 Å².